The summed E-state index contributed by atoms with van der Waals surface area (Å²) in [5.74, 6) is -1.80. The summed E-state index contributed by atoms with van der Waals surface area (Å²) < 4.78 is 0. The number of rotatable bonds is 5. The molecule has 0 radical (unpaired) electrons. The maximum Gasteiger partial charge on any atom is 0.335 e. The predicted octanol–water partition coefficient (Wildman–Crippen LogP) is 2.71. The first-order valence-corrected chi connectivity index (χ1v) is 8.47. The molecule has 1 saturated heterocycles. The number of nitrogens with zero attached hydrogens (tertiary/aromatic N) is 1. The molecule has 2 N–H and O–H groups in total. The highest BCUT2D eigenvalue weighted by molar-refractivity contribution is 6.30. The minimum Gasteiger partial charge on any atom is -0.478 e. The second-order valence-corrected chi connectivity index (χ2v) is 6.54. The summed E-state index contributed by atoms with van der Waals surface area (Å²) in [5, 5.41) is 12.4. The smallest absolute Gasteiger partial charge is 0.335 e. The molecule has 1 fully saturated rings. The number of carbonyl (C=O) groups is 3. The molecule has 2 aromatic rings. The van der Waals surface area contributed by atoms with Crippen molar-refractivity contribution in [3.8, 4) is 0 Å². The van der Waals surface area contributed by atoms with Gasteiger partial charge >= 0.3 is 5.97 Å². The number of nitrogens with one attached hydrogen (secondary N) is 1. The molecule has 1 atom stereocenters. The lowest BCUT2D eigenvalue weighted by molar-refractivity contribution is -0.126. The van der Waals surface area contributed by atoms with Gasteiger partial charge in [-0.25, -0.2) is 4.79 Å². The molecule has 0 aliphatic carbocycles. The van der Waals surface area contributed by atoms with Crippen LogP contribution >= 0.6 is 11.6 Å². The van der Waals surface area contributed by atoms with Crippen LogP contribution in [0.3, 0.4) is 0 Å². The third-order valence-electron chi connectivity index (χ3n) is 4.27. The largest absolute Gasteiger partial charge is 0.478 e. The summed E-state index contributed by atoms with van der Waals surface area (Å²) in [6.45, 7) is 0.521. The van der Waals surface area contributed by atoms with Crippen molar-refractivity contribution in [2.24, 2.45) is 5.92 Å². The van der Waals surface area contributed by atoms with Gasteiger partial charge in [0.2, 0.25) is 11.8 Å². The zero-order chi connectivity index (χ0) is 18.7. The summed E-state index contributed by atoms with van der Waals surface area (Å²) in [7, 11) is 0. The fourth-order valence-corrected chi connectivity index (χ4v) is 3.03. The van der Waals surface area contributed by atoms with Crippen LogP contribution < -0.4 is 10.2 Å². The molecule has 7 heteroatoms. The number of carbonyl (C=O) groups excluding carboxylic acids is 2. The van der Waals surface area contributed by atoms with E-state index in [-0.39, 0.29) is 30.3 Å². The van der Waals surface area contributed by atoms with Crippen LogP contribution in [0.15, 0.2) is 48.5 Å². The van der Waals surface area contributed by atoms with Gasteiger partial charge in [-0.1, -0.05) is 23.7 Å². The number of amides is 2. The Kier molecular flexibility index (Phi) is 5.23. The zero-order valence-corrected chi connectivity index (χ0v) is 14.6. The number of carboxylic acids is 1. The highest BCUT2D eigenvalue weighted by Gasteiger charge is 2.34. The Morgan fingerprint density at radius 1 is 1.19 bits per heavy atom. The summed E-state index contributed by atoms with van der Waals surface area (Å²) in [6, 6.07) is 13.3. The van der Waals surface area contributed by atoms with Crippen LogP contribution in [0.25, 0.3) is 0 Å². The van der Waals surface area contributed by atoms with Gasteiger partial charge < -0.3 is 15.3 Å². The Morgan fingerprint density at radius 2 is 1.92 bits per heavy atom. The van der Waals surface area contributed by atoms with Gasteiger partial charge in [0.15, 0.2) is 0 Å². The topological polar surface area (TPSA) is 86.7 Å². The second-order valence-electron chi connectivity index (χ2n) is 6.11. The number of hydrogen-bond acceptors (Lipinski definition) is 3. The van der Waals surface area contributed by atoms with Crippen molar-refractivity contribution in [1.29, 1.82) is 0 Å². The quantitative estimate of drug-likeness (QED) is 0.844. The molecule has 0 saturated carbocycles. The molecule has 1 heterocycles. The minimum absolute atomic E-state index is 0.111. The number of aromatic carboxylic acids is 1. The van der Waals surface area contributed by atoms with E-state index in [1.165, 1.54) is 12.1 Å². The van der Waals surface area contributed by atoms with Gasteiger partial charge in [0, 0.05) is 30.2 Å². The second kappa shape index (κ2) is 7.58. The summed E-state index contributed by atoms with van der Waals surface area (Å²) >= 11 is 5.86. The molecule has 134 valence electrons. The average molecular weight is 373 g/mol. The van der Waals surface area contributed by atoms with Crippen LogP contribution in [0, 0.1) is 5.92 Å². The van der Waals surface area contributed by atoms with E-state index in [4.69, 9.17) is 16.7 Å². The molecule has 1 aliphatic heterocycles. The maximum atomic E-state index is 12.4. The van der Waals surface area contributed by atoms with E-state index in [1.807, 2.05) is 0 Å². The van der Waals surface area contributed by atoms with Gasteiger partial charge in [-0.05, 0) is 42.0 Å². The lowest BCUT2D eigenvalue weighted by Gasteiger charge is -2.16. The molecular formula is C19H17ClN2O4. The van der Waals surface area contributed by atoms with Crippen LogP contribution in [-0.4, -0.2) is 29.4 Å². The van der Waals surface area contributed by atoms with Crippen molar-refractivity contribution < 1.29 is 19.5 Å². The van der Waals surface area contributed by atoms with E-state index in [2.05, 4.69) is 5.32 Å². The number of benzene rings is 2. The lowest BCUT2D eigenvalue weighted by Crippen LogP contribution is -2.32. The zero-order valence-electron chi connectivity index (χ0n) is 13.8. The maximum absolute atomic E-state index is 12.4. The van der Waals surface area contributed by atoms with Crippen molar-refractivity contribution in [3.63, 3.8) is 0 Å². The predicted molar refractivity (Wildman–Crippen MR) is 97.2 cm³/mol. The third kappa shape index (κ3) is 4.03. The number of hydrogen-bond donors (Lipinski definition) is 2. The van der Waals surface area contributed by atoms with Gasteiger partial charge in [0.25, 0.3) is 0 Å². The normalized spacial score (nSPS) is 16.6. The van der Waals surface area contributed by atoms with E-state index in [0.29, 0.717) is 22.8 Å². The molecular weight excluding hydrogens is 356 g/mol. The Hall–Kier alpha value is -2.86. The SMILES string of the molecule is O=C(O)c1cccc(CNC(=O)C2CC(=O)N(c3ccc(Cl)cc3)C2)c1. The van der Waals surface area contributed by atoms with Crippen molar-refractivity contribution in [2.45, 2.75) is 13.0 Å². The van der Waals surface area contributed by atoms with E-state index in [9.17, 15) is 14.4 Å². The van der Waals surface area contributed by atoms with Gasteiger partial charge in [-0.2, -0.15) is 0 Å². The highest BCUT2D eigenvalue weighted by atomic mass is 35.5. The standard InChI is InChI=1S/C19H17ClN2O4/c20-15-4-6-16(7-5-15)22-11-14(9-17(22)23)18(24)21-10-12-2-1-3-13(8-12)19(25)26/h1-8,14H,9-11H2,(H,21,24)(H,25,26). The minimum atomic E-state index is -1.02. The van der Waals surface area contributed by atoms with E-state index < -0.39 is 11.9 Å². The van der Waals surface area contributed by atoms with Gasteiger partial charge in [-0.15, -0.1) is 0 Å². The Morgan fingerprint density at radius 3 is 2.62 bits per heavy atom. The highest BCUT2D eigenvalue weighted by Crippen LogP contribution is 2.26. The van der Waals surface area contributed by atoms with Crippen molar-refractivity contribution >= 4 is 35.1 Å². The van der Waals surface area contributed by atoms with Gasteiger partial charge in [0.05, 0.1) is 11.5 Å². The summed E-state index contributed by atoms with van der Waals surface area (Å²) in [6.07, 6.45) is 0.142. The third-order valence-corrected chi connectivity index (χ3v) is 4.53. The van der Waals surface area contributed by atoms with E-state index >= 15 is 0 Å². The summed E-state index contributed by atoms with van der Waals surface area (Å²) in [5.41, 5.74) is 1.57. The first kappa shape index (κ1) is 17.9. The molecule has 26 heavy (non-hydrogen) atoms. The molecule has 0 spiro atoms. The molecule has 0 bridgehead atoms. The molecule has 2 aromatic carbocycles. The molecule has 0 aromatic heterocycles. The number of halogens is 1. The molecule has 3 rings (SSSR count). The Labute approximate surface area is 155 Å². The summed E-state index contributed by atoms with van der Waals surface area (Å²) in [4.78, 5) is 37.2. The molecule has 1 aliphatic rings. The molecule has 2 amide bonds. The average Bonchev–Trinajstić information content (AvgIpc) is 3.02. The Bertz CT molecular complexity index is 851. The molecule has 1 unspecified atom stereocenters. The van der Waals surface area contributed by atoms with E-state index in [1.54, 1.807) is 41.3 Å². The lowest BCUT2D eigenvalue weighted by atomic mass is 10.1. The monoisotopic (exact) mass is 372 g/mol. The number of anilines is 1. The van der Waals surface area contributed by atoms with Crippen molar-refractivity contribution in [3.05, 3.63) is 64.7 Å². The van der Waals surface area contributed by atoms with Crippen LogP contribution in [0.5, 0.6) is 0 Å². The number of carboxylic acid groups (broad SMARTS) is 1. The van der Waals surface area contributed by atoms with Crippen molar-refractivity contribution in [1.82, 2.24) is 5.32 Å². The van der Waals surface area contributed by atoms with Crippen LogP contribution in [0.2, 0.25) is 5.02 Å². The Balaban J connectivity index is 1.60. The van der Waals surface area contributed by atoms with Crippen LogP contribution in [0.4, 0.5) is 5.69 Å². The first-order chi connectivity index (χ1) is 12.4. The first-order valence-electron chi connectivity index (χ1n) is 8.10. The van der Waals surface area contributed by atoms with Crippen molar-refractivity contribution in [2.75, 3.05) is 11.4 Å². The van der Waals surface area contributed by atoms with Gasteiger partial charge in [-0.3, -0.25) is 9.59 Å². The van der Waals surface area contributed by atoms with Crippen LogP contribution in [0.1, 0.15) is 22.3 Å². The molecule has 6 nitrogen and oxygen atoms in total. The van der Waals surface area contributed by atoms with Gasteiger partial charge in [0.1, 0.15) is 0 Å². The van der Waals surface area contributed by atoms with E-state index in [0.717, 1.165) is 0 Å². The fourth-order valence-electron chi connectivity index (χ4n) is 2.90. The van der Waals surface area contributed by atoms with Crippen LogP contribution in [-0.2, 0) is 16.1 Å². The fraction of sp³-hybridized carbons (Fsp3) is 0.211.